The van der Waals surface area contributed by atoms with Crippen LogP contribution in [0, 0.1) is 6.92 Å². The van der Waals surface area contributed by atoms with Crippen LogP contribution in [0.25, 0.3) is 0 Å². The van der Waals surface area contributed by atoms with Crippen molar-refractivity contribution in [1.82, 2.24) is 0 Å². The molecule has 3 N–H and O–H groups in total. The average molecular weight is 281 g/mol. The third kappa shape index (κ3) is 4.45. The zero-order valence-corrected chi connectivity index (χ0v) is 12.3. The minimum absolute atomic E-state index is 0.149. The summed E-state index contributed by atoms with van der Waals surface area (Å²) in [7, 11) is 0. The average Bonchev–Trinajstić information content (AvgIpc) is 2.43. The zero-order chi connectivity index (χ0) is 15.2. The quantitative estimate of drug-likeness (QED) is 0.668. The summed E-state index contributed by atoms with van der Waals surface area (Å²) >= 11 is 0. The minimum Gasteiger partial charge on any atom is -0.369 e. The maximum atomic E-state index is 11.1. The van der Waals surface area contributed by atoms with Gasteiger partial charge in [-0.25, -0.2) is 4.99 Å². The summed E-state index contributed by atoms with van der Waals surface area (Å²) in [5, 5.41) is 3.04. The summed E-state index contributed by atoms with van der Waals surface area (Å²) in [4.78, 5) is 15.4. The molecule has 0 aliphatic heterocycles. The Morgan fingerprint density at radius 3 is 2.43 bits per heavy atom. The predicted molar refractivity (Wildman–Crippen MR) is 86.9 cm³/mol. The number of ketones is 1. The lowest BCUT2D eigenvalue weighted by molar-refractivity contribution is -0.116. The second-order valence-corrected chi connectivity index (χ2v) is 4.98. The van der Waals surface area contributed by atoms with Gasteiger partial charge in [-0.15, -0.1) is 0 Å². The fourth-order valence-electron chi connectivity index (χ4n) is 1.99. The fraction of sp³-hybridized carbons (Fsp3) is 0.176. The van der Waals surface area contributed by atoms with E-state index in [0.29, 0.717) is 12.4 Å². The van der Waals surface area contributed by atoms with Crippen LogP contribution in [-0.2, 0) is 11.2 Å². The molecule has 0 aliphatic rings. The standard InChI is InChI=1S/C17H19N3O/c1-12-5-3-4-6-16(12)20-17(18)19-15-9-7-14(8-10-15)11-13(2)21/h3-10H,11H2,1-2H3,(H3,18,19,20). The van der Waals surface area contributed by atoms with Crippen LogP contribution < -0.4 is 11.1 Å². The van der Waals surface area contributed by atoms with Crippen molar-refractivity contribution >= 4 is 23.1 Å². The van der Waals surface area contributed by atoms with Crippen molar-refractivity contribution in [3.8, 4) is 0 Å². The molecule has 0 spiro atoms. The summed E-state index contributed by atoms with van der Waals surface area (Å²) in [6.07, 6.45) is 0.451. The fourth-order valence-corrected chi connectivity index (χ4v) is 1.99. The second-order valence-electron chi connectivity index (χ2n) is 4.98. The molecule has 0 heterocycles. The molecule has 0 bridgehead atoms. The van der Waals surface area contributed by atoms with Gasteiger partial charge in [-0.2, -0.15) is 0 Å². The number of hydrogen-bond acceptors (Lipinski definition) is 2. The van der Waals surface area contributed by atoms with Crippen molar-refractivity contribution in [2.45, 2.75) is 20.3 Å². The van der Waals surface area contributed by atoms with Crippen molar-refractivity contribution in [3.05, 3.63) is 59.7 Å². The van der Waals surface area contributed by atoms with Gasteiger partial charge in [0.1, 0.15) is 5.78 Å². The molecule has 2 aromatic carbocycles. The Kier molecular flexibility index (Phi) is 4.72. The van der Waals surface area contributed by atoms with Gasteiger partial charge in [0, 0.05) is 12.1 Å². The number of aryl methyl sites for hydroxylation is 1. The van der Waals surface area contributed by atoms with Gasteiger partial charge in [-0.05, 0) is 43.2 Å². The number of rotatable bonds is 4. The number of nitrogens with one attached hydrogen (secondary N) is 1. The summed E-state index contributed by atoms with van der Waals surface area (Å²) in [5.74, 6) is 0.486. The topological polar surface area (TPSA) is 67.5 Å². The van der Waals surface area contributed by atoms with Crippen LogP contribution in [0.5, 0.6) is 0 Å². The molecule has 0 saturated heterocycles. The SMILES string of the molecule is CC(=O)Cc1ccc(NC(N)=Nc2ccccc2C)cc1. The highest BCUT2D eigenvalue weighted by Crippen LogP contribution is 2.17. The summed E-state index contributed by atoms with van der Waals surface area (Å²) < 4.78 is 0. The van der Waals surface area contributed by atoms with E-state index in [-0.39, 0.29) is 5.78 Å². The van der Waals surface area contributed by atoms with E-state index in [9.17, 15) is 4.79 Å². The number of carbonyl (C=O) groups excluding carboxylic acids is 1. The van der Waals surface area contributed by atoms with E-state index in [1.165, 1.54) is 0 Å². The number of guanidine groups is 1. The lowest BCUT2D eigenvalue weighted by Gasteiger charge is -2.07. The molecule has 0 aliphatic carbocycles. The van der Waals surface area contributed by atoms with Crippen LogP contribution in [-0.4, -0.2) is 11.7 Å². The number of benzene rings is 2. The Labute approximate surface area is 124 Å². The normalized spacial score (nSPS) is 11.2. The molecule has 0 fully saturated rings. The van der Waals surface area contributed by atoms with Gasteiger partial charge in [0.25, 0.3) is 0 Å². The first-order valence-corrected chi connectivity index (χ1v) is 6.80. The summed E-state index contributed by atoms with van der Waals surface area (Å²) in [6, 6.07) is 15.4. The van der Waals surface area contributed by atoms with E-state index in [2.05, 4.69) is 10.3 Å². The third-order valence-corrected chi connectivity index (χ3v) is 3.04. The number of nitrogens with two attached hydrogens (primary N) is 1. The molecule has 0 aromatic heterocycles. The van der Waals surface area contributed by atoms with Crippen molar-refractivity contribution in [2.24, 2.45) is 10.7 Å². The molecule has 0 unspecified atom stereocenters. The van der Waals surface area contributed by atoms with Gasteiger partial charge in [-0.3, -0.25) is 4.79 Å². The highest BCUT2D eigenvalue weighted by Gasteiger charge is 2.00. The Hall–Kier alpha value is -2.62. The van der Waals surface area contributed by atoms with E-state index in [4.69, 9.17) is 5.73 Å². The van der Waals surface area contributed by atoms with E-state index in [1.54, 1.807) is 6.92 Å². The van der Waals surface area contributed by atoms with Crippen LogP contribution in [0.2, 0.25) is 0 Å². The van der Waals surface area contributed by atoms with Gasteiger partial charge >= 0.3 is 0 Å². The van der Waals surface area contributed by atoms with Crippen molar-refractivity contribution in [1.29, 1.82) is 0 Å². The lowest BCUT2D eigenvalue weighted by Crippen LogP contribution is -2.22. The van der Waals surface area contributed by atoms with Crippen molar-refractivity contribution in [2.75, 3.05) is 5.32 Å². The molecular formula is C17H19N3O. The van der Waals surface area contributed by atoms with Gasteiger partial charge in [0.05, 0.1) is 5.69 Å². The number of para-hydroxylation sites is 1. The molecular weight excluding hydrogens is 262 g/mol. The van der Waals surface area contributed by atoms with E-state index < -0.39 is 0 Å². The number of nitrogens with zero attached hydrogens (tertiary/aromatic N) is 1. The number of anilines is 1. The van der Waals surface area contributed by atoms with Crippen LogP contribution in [0.3, 0.4) is 0 Å². The molecule has 108 valence electrons. The molecule has 2 aromatic rings. The van der Waals surface area contributed by atoms with E-state index in [0.717, 1.165) is 22.5 Å². The molecule has 21 heavy (non-hydrogen) atoms. The first-order chi connectivity index (χ1) is 10.0. The first-order valence-electron chi connectivity index (χ1n) is 6.80. The first kappa shape index (κ1) is 14.8. The third-order valence-electron chi connectivity index (χ3n) is 3.04. The van der Waals surface area contributed by atoms with Crippen LogP contribution in [0.15, 0.2) is 53.5 Å². The molecule has 0 radical (unpaired) electrons. The number of aliphatic imine (C=N–C) groups is 1. The number of Topliss-reactive ketones (excluding diaryl/α,β-unsaturated/α-hetero) is 1. The number of hydrogen-bond donors (Lipinski definition) is 2. The highest BCUT2D eigenvalue weighted by atomic mass is 16.1. The van der Waals surface area contributed by atoms with Crippen molar-refractivity contribution < 1.29 is 4.79 Å². The molecule has 2 rings (SSSR count). The van der Waals surface area contributed by atoms with Crippen molar-refractivity contribution in [3.63, 3.8) is 0 Å². The van der Waals surface area contributed by atoms with Gasteiger partial charge in [0.2, 0.25) is 0 Å². The Morgan fingerprint density at radius 2 is 1.81 bits per heavy atom. The smallest absolute Gasteiger partial charge is 0.198 e. The second kappa shape index (κ2) is 6.70. The minimum atomic E-state index is 0.149. The molecule has 4 heteroatoms. The molecule has 0 amide bonds. The van der Waals surface area contributed by atoms with Gasteiger partial charge in [0.15, 0.2) is 5.96 Å². The predicted octanol–water partition coefficient (Wildman–Crippen LogP) is 3.18. The van der Waals surface area contributed by atoms with Gasteiger partial charge in [-0.1, -0.05) is 30.3 Å². The Morgan fingerprint density at radius 1 is 1.14 bits per heavy atom. The van der Waals surface area contributed by atoms with Crippen LogP contribution in [0.1, 0.15) is 18.1 Å². The largest absolute Gasteiger partial charge is 0.369 e. The summed E-state index contributed by atoms with van der Waals surface area (Å²) in [5.41, 5.74) is 9.65. The van der Waals surface area contributed by atoms with Gasteiger partial charge < -0.3 is 11.1 Å². The maximum absolute atomic E-state index is 11.1. The molecule has 0 atom stereocenters. The lowest BCUT2D eigenvalue weighted by atomic mass is 10.1. The molecule has 0 saturated carbocycles. The zero-order valence-electron chi connectivity index (χ0n) is 12.3. The summed E-state index contributed by atoms with van der Waals surface area (Å²) in [6.45, 7) is 3.57. The molecule has 4 nitrogen and oxygen atoms in total. The monoisotopic (exact) mass is 281 g/mol. The van der Waals surface area contributed by atoms with E-state index in [1.807, 2.05) is 55.5 Å². The highest BCUT2D eigenvalue weighted by molar-refractivity contribution is 5.94. The maximum Gasteiger partial charge on any atom is 0.198 e. The van der Waals surface area contributed by atoms with Crippen LogP contribution >= 0.6 is 0 Å². The Balaban J connectivity index is 2.07. The Bertz CT molecular complexity index is 660. The van der Waals surface area contributed by atoms with E-state index >= 15 is 0 Å². The number of carbonyl (C=O) groups is 1. The van der Waals surface area contributed by atoms with Crippen LogP contribution in [0.4, 0.5) is 11.4 Å².